The maximum absolute atomic E-state index is 12.6. The molecule has 20 heavy (non-hydrogen) atoms. The van der Waals surface area contributed by atoms with Crippen molar-refractivity contribution in [3.63, 3.8) is 0 Å². The molecular weight excluding hydrogens is 254 g/mol. The van der Waals surface area contributed by atoms with Gasteiger partial charge in [0.25, 0.3) is 0 Å². The summed E-state index contributed by atoms with van der Waals surface area (Å²) in [4.78, 5) is 26.1. The van der Waals surface area contributed by atoms with Gasteiger partial charge in [-0.1, -0.05) is 19.1 Å². The molecule has 1 heterocycles. The fourth-order valence-corrected chi connectivity index (χ4v) is 2.60. The molecule has 108 valence electrons. The first-order chi connectivity index (χ1) is 9.54. The third-order valence-corrected chi connectivity index (χ3v) is 3.78. The van der Waals surface area contributed by atoms with Crippen molar-refractivity contribution in [1.29, 1.82) is 0 Å². The highest BCUT2D eigenvalue weighted by Gasteiger charge is 2.33. The molecular formula is C15H21N3O2. The maximum Gasteiger partial charge on any atom is 0.242 e. The summed E-state index contributed by atoms with van der Waals surface area (Å²) in [7, 11) is 0. The Morgan fingerprint density at radius 3 is 2.95 bits per heavy atom. The molecule has 1 aromatic carbocycles. The molecule has 2 rings (SSSR count). The number of carbonyl (C=O) groups excluding carboxylic acids is 2. The van der Waals surface area contributed by atoms with Crippen LogP contribution in [-0.4, -0.2) is 35.8 Å². The van der Waals surface area contributed by atoms with Crippen LogP contribution < -0.4 is 11.1 Å². The van der Waals surface area contributed by atoms with Crippen molar-refractivity contribution in [2.75, 3.05) is 18.8 Å². The fraction of sp³-hybridized carbons (Fsp3) is 0.467. The van der Waals surface area contributed by atoms with E-state index in [1.54, 1.807) is 11.0 Å². The molecule has 5 heteroatoms. The van der Waals surface area contributed by atoms with Gasteiger partial charge < -0.3 is 16.0 Å². The number of nitrogens with zero attached hydrogens (tertiary/aromatic N) is 1. The van der Waals surface area contributed by atoms with Gasteiger partial charge in [0.15, 0.2) is 0 Å². The summed E-state index contributed by atoms with van der Waals surface area (Å²) < 4.78 is 0. The van der Waals surface area contributed by atoms with E-state index >= 15 is 0 Å². The highest BCUT2D eigenvalue weighted by Crippen LogP contribution is 2.22. The Bertz CT molecular complexity index is 516. The zero-order chi connectivity index (χ0) is 14.7. The third-order valence-electron chi connectivity index (χ3n) is 3.78. The number of anilines is 1. The second kappa shape index (κ2) is 5.94. The molecule has 2 amide bonds. The van der Waals surface area contributed by atoms with Gasteiger partial charge in [0.1, 0.15) is 6.04 Å². The van der Waals surface area contributed by atoms with Crippen LogP contribution in [0.25, 0.3) is 0 Å². The molecule has 1 aromatic rings. The Labute approximate surface area is 119 Å². The van der Waals surface area contributed by atoms with Gasteiger partial charge in [-0.15, -0.1) is 0 Å². The lowest BCUT2D eigenvalue weighted by Gasteiger charge is -2.36. The molecule has 0 bridgehead atoms. The summed E-state index contributed by atoms with van der Waals surface area (Å²) >= 11 is 0. The van der Waals surface area contributed by atoms with Gasteiger partial charge in [-0.2, -0.15) is 0 Å². The maximum atomic E-state index is 12.6. The lowest BCUT2D eigenvalue weighted by atomic mass is 9.97. The van der Waals surface area contributed by atoms with Crippen LogP contribution in [0.15, 0.2) is 24.3 Å². The highest BCUT2D eigenvalue weighted by atomic mass is 16.2. The third kappa shape index (κ3) is 2.76. The lowest BCUT2D eigenvalue weighted by Crippen LogP contribution is -2.57. The first-order valence-corrected chi connectivity index (χ1v) is 6.98. The van der Waals surface area contributed by atoms with Crippen LogP contribution in [0.1, 0.15) is 31.7 Å². The first-order valence-electron chi connectivity index (χ1n) is 6.98. The SMILES string of the molecule is CCC1C(=O)NCCN1C(=O)C(C)c1cccc(N)c1. The van der Waals surface area contributed by atoms with Crippen LogP contribution in [0.2, 0.25) is 0 Å². The van der Waals surface area contributed by atoms with E-state index in [2.05, 4.69) is 5.32 Å². The quantitative estimate of drug-likeness (QED) is 0.811. The molecule has 1 saturated heterocycles. The van der Waals surface area contributed by atoms with E-state index in [0.717, 1.165) is 5.56 Å². The van der Waals surface area contributed by atoms with Gasteiger partial charge in [-0.3, -0.25) is 9.59 Å². The number of amides is 2. The summed E-state index contributed by atoms with van der Waals surface area (Å²) in [6, 6.07) is 6.98. The first kappa shape index (κ1) is 14.4. The van der Waals surface area contributed by atoms with Crippen molar-refractivity contribution in [3.8, 4) is 0 Å². The number of benzene rings is 1. The van der Waals surface area contributed by atoms with Crippen molar-refractivity contribution in [2.24, 2.45) is 0 Å². The minimum atomic E-state index is -0.361. The molecule has 1 fully saturated rings. The summed E-state index contributed by atoms with van der Waals surface area (Å²) in [5, 5.41) is 2.80. The monoisotopic (exact) mass is 275 g/mol. The Balaban J connectivity index is 2.19. The molecule has 0 radical (unpaired) electrons. The summed E-state index contributed by atoms with van der Waals surface area (Å²) in [5.41, 5.74) is 7.29. The largest absolute Gasteiger partial charge is 0.399 e. The fourth-order valence-electron chi connectivity index (χ4n) is 2.60. The van der Waals surface area contributed by atoms with Crippen LogP contribution >= 0.6 is 0 Å². The van der Waals surface area contributed by atoms with Crippen LogP contribution in [0.4, 0.5) is 5.69 Å². The number of nitrogen functional groups attached to an aromatic ring is 1. The van der Waals surface area contributed by atoms with Gasteiger partial charge in [-0.25, -0.2) is 0 Å². The van der Waals surface area contributed by atoms with Crippen LogP contribution in [0, 0.1) is 0 Å². The van der Waals surface area contributed by atoms with Gasteiger partial charge in [0, 0.05) is 18.8 Å². The van der Waals surface area contributed by atoms with Crippen molar-refractivity contribution in [3.05, 3.63) is 29.8 Å². The van der Waals surface area contributed by atoms with Crippen molar-refractivity contribution in [2.45, 2.75) is 32.2 Å². The van der Waals surface area contributed by atoms with Crippen molar-refractivity contribution < 1.29 is 9.59 Å². The molecule has 2 atom stereocenters. The van der Waals surface area contributed by atoms with E-state index in [1.165, 1.54) is 0 Å². The number of nitrogens with one attached hydrogen (secondary N) is 1. The number of hydrogen-bond donors (Lipinski definition) is 2. The Hall–Kier alpha value is -2.04. The molecule has 0 spiro atoms. The average Bonchev–Trinajstić information content (AvgIpc) is 2.45. The molecule has 3 N–H and O–H groups in total. The molecule has 0 saturated carbocycles. The molecule has 1 aliphatic rings. The van der Waals surface area contributed by atoms with Crippen molar-refractivity contribution >= 4 is 17.5 Å². The number of rotatable bonds is 3. The summed E-state index contributed by atoms with van der Waals surface area (Å²) in [6.45, 7) is 4.86. The smallest absolute Gasteiger partial charge is 0.242 e. The second-order valence-corrected chi connectivity index (χ2v) is 5.14. The predicted octanol–water partition coefficient (Wildman–Crippen LogP) is 1.11. The second-order valence-electron chi connectivity index (χ2n) is 5.14. The Kier molecular flexibility index (Phi) is 4.27. The van der Waals surface area contributed by atoms with Gasteiger partial charge in [0.05, 0.1) is 5.92 Å². The van der Waals surface area contributed by atoms with E-state index in [1.807, 2.05) is 32.0 Å². The summed E-state index contributed by atoms with van der Waals surface area (Å²) in [6.07, 6.45) is 0.626. The molecule has 2 unspecified atom stereocenters. The Morgan fingerprint density at radius 2 is 2.30 bits per heavy atom. The van der Waals surface area contributed by atoms with Gasteiger partial charge in [-0.05, 0) is 31.0 Å². The Morgan fingerprint density at radius 1 is 1.55 bits per heavy atom. The van der Waals surface area contributed by atoms with E-state index in [9.17, 15) is 9.59 Å². The molecule has 0 aromatic heterocycles. The minimum Gasteiger partial charge on any atom is -0.399 e. The lowest BCUT2D eigenvalue weighted by molar-refractivity contribution is -0.144. The predicted molar refractivity (Wildman–Crippen MR) is 78.1 cm³/mol. The zero-order valence-corrected chi connectivity index (χ0v) is 11.9. The van der Waals surface area contributed by atoms with E-state index in [4.69, 9.17) is 5.73 Å². The molecule has 5 nitrogen and oxygen atoms in total. The molecule has 0 aliphatic carbocycles. The topological polar surface area (TPSA) is 75.4 Å². The number of carbonyl (C=O) groups is 2. The van der Waals surface area contributed by atoms with E-state index < -0.39 is 0 Å². The number of hydrogen-bond acceptors (Lipinski definition) is 3. The van der Waals surface area contributed by atoms with Crippen LogP contribution in [0.3, 0.4) is 0 Å². The summed E-state index contributed by atoms with van der Waals surface area (Å²) in [5.74, 6) is -0.373. The van der Waals surface area contributed by atoms with E-state index in [-0.39, 0.29) is 23.8 Å². The zero-order valence-electron chi connectivity index (χ0n) is 11.9. The van der Waals surface area contributed by atoms with E-state index in [0.29, 0.717) is 25.2 Å². The van der Waals surface area contributed by atoms with Crippen LogP contribution in [0.5, 0.6) is 0 Å². The van der Waals surface area contributed by atoms with Gasteiger partial charge >= 0.3 is 0 Å². The standard InChI is InChI=1S/C15H21N3O2/c1-3-13-14(19)17-7-8-18(13)15(20)10(2)11-5-4-6-12(16)9-11/h4-6,9-10,13H,3,7-8,16H2,1-2H3,(H,17,19). The van der Waals surface area contributed by atoms with Gasteiger partial charge in [0.2, 0.25) is 11.8 Å². The number of nitrogens with two attached hydrogens (primary N) is 1. The average molecular weight is 275 g/mol. The molecule has 1 aliphatic heterocycles. The normalized spacial score (nSPS) is 20.4. The van der Waals surface area contributed by atoms with Crippen molar-refractivity contribution in [1.82, 2.24) is 10.2 Å². The minimum absolute atomic E-state index is 0.0164. The highest BCUT2D eigenvalue weighted by molar-refractivity contribution is 5.91. The number of piperazine rings is 1. The van der Waals surface area contributed by atoms with Crippen LogP contribution in [-0.2, 0) is 9.59 Å².